The van der Waals surface area contributed by atoms with E-state index in [1.807, 2.05) is 11.9 Å². The predicted molar refractivity (Wildman–Crippen MR) is 94.5 cm³/mol. The van der Waals surface area contributed by atoms with Gasteiger partial charge in [0, 0.05) is 27.2 Å². The Kier molecular flexibility index (Phi) is 8.80. The van der Waals surface area contributed by atoms with E-state index in [0.717, 1.165) is 30.2 Å². The number of aliphatic imine (C=N–C) groups is 1. The molecule has 1 rings (SSSR count). The van der Waals surface area contributed by atoms with Gasteiger partial charge in [-0.2, -0.15) is 13.2 Å². The summed E-state index contributed by atoms with van der Waals surface area (Å²) in [5.41, 5.74) is 0.175. The number of nitrogens with one attached hydrogen (secondary N) is 1. The number of hydrogen-bond donors (Lipinski definition) is 1. The van der Waals surface area contributed by atoms with Crippen molar-refractivity contribution in [1.82, 2.24) is 10.2 Å². The maximum Gasteiger partial charge on any atom is 0.416 e. The first-order valence-electron chi connectivity index (χ1n) is 6.82. The van der Waals surface area contributed by atoms with Crippen LogP contribution in [0.25, 0.3) is 0 Å². The van der Waals surface area contributed by atoms with Crippen molar-refractivity contribution in [2.45, 2.75) is 26.6 Å². The third-order valence-corrected chi connectivity index (χ3v) is 2.94. The van der Waals surface area contributed by atoms with Gasteiger partial charge in [0.25, 0.3) is 0 Å². The lowest BCUT2D eigenvalue weighted by atomic mass is 10.1. The Labute approximate surface area is 147 Å². The molecular formula is C15H23F3IN3. The van der Waals surface area contributed by atoms with Crippen molar-refractivity contribution in [3.8, 4) is 0 Å². The molecule has 0 aliphatic heterocycles. The van der Waals surface area contributed by atoms with Gasteiger partial charge < -0.3 is 10.2 Å². The Balaban J connectivity index is 0.00000441. The van der Waals surface area contributed by atoms with E-state index in [9.17, 15) is 13.2 Å². The SMILES string of the molecule is CN=C(NCC(C)C)N(C)Cc1ccc(C(F)(F)F)cc1.I. The average molecular weight is 429 g/mol. The highest BCUT2D eigenvalue weighted by atomic mass is 127. The van der Waals surface area contributed by atoms with Crippen LogP contribution in [0.4, 0.5) is 13.2 Å². The molecule has 3 nitrogen and oxygen atoms in total. The molecule has 1 N–H and O–H groups in total. The minimum Gasteiger partial charge on any atom is -0.356 e. The second kappa shape index (κ2) is 9.22. The molecule has 22 heavy (non-hydrogen) atoms. The summed E-state index contributed by atoms with van der Waals surface area (Å²) in [5, 5.41) is 3.22. The number of rotatable bonds is 4. The van der Waals surface area contributed by atoms with Gasteiger partial charge in [0.05, 0.1) is 5.56 Å². The molecule has 0 heterocycles. The summed E-state index contributed by atoms with van der Waals surface area (Å²) in [5.74, 6) is 1.21. The van der Waals surface area contributed by atoms with Crippen LogP contribution in [0.1, 0.15) is 25.0 Å². The molecule has 0 amide bonds. The monoisotopic (exact) mass is 429 g/mol. The lowest BCUT2D eigenvalue weighted by Gasteiger charge is -2.23. The molecule has 1 aromatic rings. The van der Waals surface area contributed by atoms with Gasteiger partial charge in [0.15, 0.2) is 5.96 Å². The third kappa shape index (κ3) is 6.85. The largest absolute Gasteiger partial charge is 0.416 e. The van der Waals surface area contributed by atoms with Gasteiger partial charge in [-0.15, -0.1) is 24.0 Å². The van der Waals surface area contributed by atoms with E-state index in [1.165, 1.54) is 12.1 Å². The summed E-state index contributed by atoms with van der Waals surface area (Å²) in [7, 11) is 3.54. The van der Waals surface area contributed by atoms with Crippen LogP contribution < -0.4 is 5.32 Å². The fourth-order valence-corrected chi connectivity index (χ4v) is 1.83. The van der Waals surface area contributed by atoms with Crippen LogP contribution in [0.5, 0.6) is 0 Å². The maximum absolute atomic E-state index is 12.5. The molecule has 1 aromatic carbocycles. The summed E-state index contributed by atoms with van der Waals surface area (Å²) in [6.45, 7) is 5.48. The summed E-state index contributed by atoms with van der Waals surface area (Å²) < 4.78 is 37.5. The van der Waals surface area contributed by atoms with E-state index in [2.05, 4.69) is 24.2 Å². The number of halogens is 4. The molecule has 0 aliphatic rings. The molecule has 0 aliphatic carbocycles. The number of alkyl halides is 3. The van der Waals surface area contributed by atoms with E-state index < -0.39 is 11.7 Å². The normalized spacial score (nSPS) is 12.1. The number of guanidine groups is 1. The highest BCUT2D eigenvalue weighted by Gasteiger charge is 2.29. The van der Waals surface area contributed by atoms with Crippen molar-refractivity contribution >= 4 is 29.9 Å². The molecule has 0 bridgehead atoms. The van der Waals surface area contributed by atoms with Crippen LogP contribution in [-0.2, 0) is 12.7 Å². The number of benzene rings is 1. The smallest absolute Gasteiger partial charge is 0.356 e. The van der Waals surface area contributed by atoms with Crippen molar-refractivity contribution in [3.05, 3.63) is 35.4 Å². The van der Waals surface area contributed by atoms with Crippen LogP contribution in [0.3, 0.4) is 0 Å². The minimum atomic E-state index is -4.29. The first-order valence-corrected chi connectivity index (χ1v) is 6.82. The highest BCUT2D eigenvalue weighted by molar-refractivity contribution is 14.0. The molecule has 0 saturated carbocycles. The first kappa shape index (κ1) is 21.0. The summed E-state index contributed by atoms with van der Waals surface area (Å²) in [6, 6.07) is 5.20. The lowest BCUT2D eigenvalue weighted by molar-refractivity contribution is -0.137. The van der Waals surface area contributed by atoms with Gasteiger partial charge in [0.2, 0.25) is 0 Å². The van der Waals surface area contributed by atoms with Crippen LogP contribution in [0, 0.1) is 5.92 Å². The second-order valence-electron chi connectivity index (χ2n) is 5.37. The molecule has 0 spiro atoms. The zero-order valence-corrected chi connectivity index (χ0v) is 15.6. The topological polar surface area (TPSA) is 27.6 Å². The second-order valence-corrected chi connectivity index (χ2v) is 5.37. The first-order chi connectivity index (χ1) is 9.74. The Morgan fingerprint density at radius 3 is 2.18 bits per heavy atom. The minimum absolute atomic E-state index is 0. The van der Waals surface area contributed by atoms with Gasteiger partial charge in [-0.1, -0.05) is 26.0 Å². The van der Waals surface area contributed by atoms with E-state index >= 15 is 0 Å². The zero-order valence-electron chi connectivity index (χ0n) is 13.2. The van der Waals surface area contributed by atoms with E-state index in [0.29, 0.717) is 12.5 Å². The zero-order chi connectivity index (χ0) is 16.0. The van der Waals surface area contributed by atoms with Crippen molar-refractivity contribution < 1.29 is 13.2 Å². The molecule has 0 radical (unpaired) electrons. The number of hydrogen-bond acceptors (Lipinski definition) is 1. The standard InChI is InChI=1S/C15H22F3N3.HI/c1-11(2)9-20-14(19-3)21(4)10-12-5-7-13(8-6-12)15(16,17)18;/h5-8,11H,9-10H2,1-4H3,(H,19,20);1H. The Morgan fingerprint density at radius 1 is 1.23 bits per heavy atom. The fourth-order valence-electron chi connectivity index (χ4n) is 1.83. The molecule has 0 saturated heterocycles. The van der Waals surface area contributed by atoms with Gasteiger partial charge in [-0.05, 0) is 23.6 Å². The molecule has 0 fully saturated rings. The third-order valence-electron chi connectivity index (χ3n) is 2.94. The molecule has 7 heteroatoms. The maximum atomic E-state index is 12.5. The van der Waals surface area contributed by atoms with Crippen LogP contribution in [-0.4, -0.2) is 31.5 Å². The number of nitrogens with zero attached hydrogens (tertiary/aromatic N) is 2. The quantitative estimate of drug-likeness (QED) is 0.446. The van der Waals surface area contributed by atoms with Gasteiger partial charge in [-0.3, -0.25) is 4.99 Å². The van der Waals surface area contributed by atoms with Crippen LogP contribution >= 0.6 is 24.0 Å². The average Bonchev–Trinajstić information content (AvgIpc) is 2.38. The van der Waals surface area contributed by atoms with Crippen molar-refractivity contribution in [3.63, 3.8) is 0 Å². The molecule has 126 valence electrons. The van der Waals surface area contributed by atoms with Crippen molar-refractivity contribution in [2.24, 2.45) is 10.9 Å². The van der Waals surface area contributed by atoms with Crippen molar-refractivity contribution in [1.29, 1.82) is 0 Å². The Bertz CT molecular complexity index is 470. The molecule has 0 unspecified atom stereocenters. The lowest BCUT2D eigenvalue weighted by Crippen LogP contribution is -2.40. The van der Waals surface area contributed by atoms with Crippen LogP contribution in [0.2, 0.25) is 0 Å². The van der Waals surface area contributed by atoms with E-state index in [4.69, 9.17) is 0 Å². The van der Waals surface area contributed by atoms with Crippen molar-refractivity contribution in [2.75, 3.05) is 20.6 Å². The Hall–Kier alpha value is -0.990. The van der Waals surface area contributed by atoms with E-state index in [1.54, 1.807) is 7.05 Å². The molecule has 0 aromatic heterocycles. The molecular weight excluding hydrogens is 406 g/mol. The van der Waals surface area contributed by atoms with Gasteiger partial charge in [-0.25, -0.2) is 0 Å². The van der Waals surface area contributed by atoms with E-state index in [-0.39, 0.29) is 24.0 Å². The summed E-state index contributed by atoms with van der Waals surface area (Å²) >= 11 is 0. The predicted octanol–water partition coefficient (Wildman–Crippen LogP) is 3.99. The van der Waals surface area contributed by atoms with Gasteiger partial charge in [0.1, 0.15) is 0 Å². The summed E-state index contributed by atoms with van der Waals surface area (Å²) in [4.78, 5) is 6.04. The van der Waals surface area contributed by atoms with Crippen LogP contribution in [0.15, 0.2) is 29.3 Å². The Morgan fingerprint density at radius 2 is 1.77 bits per heavy atom. The summed E-state index contributed by atoms with van der Waals surface area (Å²) in [6.07, 6.45) is -4.29. The fraction of sp³-hybridized carbons (Fsp3) is 0.533. The van der Waals surface area contributed by atoms with Gasteiger partial charge >= 0.3 is 6.18 Å². The molecule has 0 atom stereocenters. The highest BCUT2D eigenvalue weighted by Crippen LogP contribution is 2.29.